The van der Waals surface area contributed by atoms with Crippen molar-refractivity contribution in [1.29, 1.82) is 0 Å². The van der Waals surface area contributed by atoms with Gasteiger partial charge in [0, 0.05) is 13.1 Å². The average Bonchev–Trinajstić information content (AvgIpc) is 3.35. The van der Waals surface area contributed by atoms with E-state index in [1.165, 1.54) is 5.56 Å². The van der Waals surface area contributed by atoms with E-state index in [0.717, 1.165) is 58.3 Å². The van der Waals surface area contributed by atoms with Crippen LogP contribution in [0.3, 0.4) is 0 Å². The van der Waals surface area contributed by atoms with Crippen LogP contribution in [0.1, 0.15) is 54.7 Å². The molecule has 2 saturated heterocycles. The van der Waals surface area contributed by atoms with Crippen molar-refractivity contribution in [3.05, 3.63) is 47.8 Å². The zero-order valence-corrected chi connectivity index (χ0v) is 17.3. The number of aromatic nitrogens is 3. The van der Waals surface area contributed by atoms with E-state index < -0.39 is 0 Å². The van der Waals surface area contributed by atoms with E-state index in [2.05, 4.69) is 52.9 Å². The van der Waals surface area contributed by atoms with Gasteiger partial charge >= 0.3 is 0 Å². The maximum atomic E-state index is 12.9. The number of nitrogens with zero attached hydrogens (tertiary/aromatic N) is 4. The van der Waals surface area contributed by atoms with E-state index in [4.69, 9.17) is 0 Å². The normalized spacial score (nSPS) is 22.8. The van der Waals surface area contributed by atoms with Gasteiger partial charge in [-0.1, -0.05) is 42.5 Å². The number of benzene rings is 1. The van der Waals surface area contributed by atoms with Gasteiger partial charge in [0.2, 0.25) is 0 Å². The quantitative estimate of drug-likeness (QED) is 0.833. The molecule has 6 nitrogen and oxygen atoms in total. The number of nitrogens with one attached hydrogen (secondary N) is 1. The van der Waals surface area contributed by atoms with Crippen LogP contribution in [0, 0.1) is 5.41 Å². The predicted molar refractivity (Wildman–Crippen MR) is 112 cm³/mol. The molecule has 0 spiro atoms. The standard InChI is InChI=1S/C21H29N5O.ClH/c1-21(10-7-17-5-3-2-4-6-17)11-14-25(16-21)20(27)19-15-26(24-23-19)18-8-12-22-13-9-18;/h2-6,15,18,22H,7-14,16H2,1H3;1H. The Morgan fingerprint density at radius 3 is 2.75 bits per heavy atom. The molecule has 7 heteroatoms. The molecule has 1 N–H and O–H groups in total. The Morgan fingerprint density at radius 1 is 1.25 bits per heavy atom. The van der Waals surface area contributed by atoms with Gasteiger partial charge in [0.25, 0.3) is 5.91 Å². The van der Waals surface area contributed by atoms with Gasteiger partial charge in [-0.2, -0.15) is 0 Å². The third-order valence-corrected chi connectivity index (χ3v) is 6.12. The summed E-state index contributed by atoms with van der Waals surface area (Å²) in [4.78, 5) is 14.9. The van der Waals surface area contributed by atoms with Crippen LogP contribution >= 0.6 is 12.4 Å². The number of hydrogen-bond donors (Lipinski definition) is 1. The molecule has 1 atom stereocenters. The molecule has 1 unspecified atom stereocenters. The smallest absolute Gasteiger partial charge is 0.276 e. The summed E-state index contributed by atoms with van der Waals surface area (Å²) < 4.78 is 1.89. The third-order valence-electron chi connectivity index (χ3n) is 6.12. The zero-order chi connectivity index (χ0) is 18.7. The second kappa shape index (κ2) is 9.05. The molecule has 0 aliphatic carbocycles. The summed E-state index contributed by atoms with van der Waals surface area (Å²) in [5.74, 6) is 0.0265. The van der Waals surface area contributed by atoms with E-state index in [-0.39, 0.29) is 23.7 Å². The summed E-state index contributed by atoms with van der Waals surface area (Å²) in [5, 5.41) is 11.8. The van der Waals surface area contributed by atoms with Crippen LogP contribution in [0.4, 0.5) is 0 Å². The van der Waals surface area contributed by atoms with Crippen molar-refractivity contribution in [2.75, 3.05) is 26.2 Å². The lowest BCUT2D eigenvalue weighted by molar-refractivity contribution is 0.0768. The minimum absolute atomic E-state index is 0. The van der Waals surface area contributed by atoms with Gasteiger partial charge in [0.15, 0.2) is 5.69 Å². The van der Waals surface area contributed by atoms with Crippen molar-refractivity contribution in [2.45, 2.75) is 45.1 Å². The van der Waals surface area contributed by atoms with Crippen LogP contribution in [0.2, 0.25) is 0 Å². The fraction of sp³-hybridized carbons (Fsp3) is 0.571. The molecule has 2 aromatic rings. The lowest BCUT2D eigenvalue weighted by atomic mass is 9.83. The molecule has 1 amide bonds. The fourth-order valence-corrected chi connectivity index (χ4v) is 4.28. The highest BCUT2D eigenvalue weighted by atomic mass is 35.5. The molecule has 2 aliphatic heterocycles. The van der Waals surface area contributed by atoms with E-state index in [1.54, 1.807) is 0 Å². The van der Waals surface area contributed by atoms with Crippen molar-refractivity contribution < 1.29 is 4.79 Å². The first-order valence-electron chi connectivity index (χ1n) is 10.1. The second-order valence-electron chi connectivity index (χ2n) is 8.34. The zero-order valence-electron chi connectivity index (χ0n) is 16.5. The molecule has 0 radical (unpaired) electrons. The third kappa shape index (κ3) is 4.73. The number of carbonyl (C=O) groups is 1. The number of piperidine rings is 1. The van der Waals surface area contributed by atoms with E-state index >= 15 is 0 Å². The van der Waals surface area contributed by atoms with E-state index in [1.807, 2.05) is 15.8 Å². The summed E-state index contributed by atoms with van der Waals surface area (Å²) in [6.45, 7) is 5.91. The van der Waals surface area contributed by atoms with Crippen molar-refractivity contribution in [3.8, 4) is 0 Å². The molecule has 28 heavy (non-hydrogen) atoms. The maximum absolute atomic E-state index is 12.9. The molecule has 1 aromatic heterocycles. The first-order valence-corrected chi connectivity index (χ1v) is 10.1. The summed E-state index contributed by atoms with van der Waals surface area (Å²) in [6.07, 6.45) is 7.14. The number of hydrogen-bond acceptors (Lipinski definition) is 4. The van der Waals surface area contributed by atoms with Crippen molar-refractivity contribution in [3.63, 3.8) is 0 Å². The largest absolute Gasteiger partial charge is 0.337 e. The van der Waals surface area contributed by atoms with Crippen LogP contribution in [-0.2, 0) is 6.42 Å². The summed E-state index contributed by atoms with van der Waals surface area (Å²) in [7, 11) is 0. The monoisotopic (exact) mass is 403 g/mol. The van der Waals surface area contributed by atoms with Gasteiger partial charge in [-0.3, -0.25) is 4.79 Å². The van der Waals surface area contributed by atoms with Crippen LogP contribution in [0.5, 0.6) is 0 Å². The van der Waals surface area contributed by atoms with Crippen molar-refractivity contribution in [1.82, 2.24) is 25.2 Å². The Bertz CT molecular complexity index is 774. The molecule has 0 saturated carbocycles. The first-order chi connectivity index (χ1) is 13.1. The minimum atomic E-state index is 0. The Kier molecular flexibility index (Phi) is 6.73. The topological polar surface area (TPSA) is 63.1 Å². The summed E-state index contributed by atoms with van der Waals surface area (Å²) in [5.41, 5.74) is 2.03. The number of rotatable bonds is 5. The Labute approximate surface area is 173 Å². The Morgan fingerprint density at radius 2 is 2.00 bits per heavy atom. The lowest BCUT2D eigenvalue weighted by Crippen LogP contribution is -2.31. The molecule has 2 aliphatic rings. The minimum Gasteiger partial charge on any atom is -0.337 e. The second-order valence-corrected chi connectivity index (χ2v) is 8.34. The van der Waals surface area contributed by atoms with Gasteiger partial charge in [-0.15, -0.1) is 17.5 Å². The highest BCUT2D eigenvalue weighted by Gasteiger charge is 2.36. The average molecular weight is 404 g/mol. The highest BCUT2D eigenvalue weighted by Crippen LogP contribution is 2.35. The van der Waals surface area contributed by atoms with Gasteiger partial charge in [-0.25, -0.2) is 4.68 Å². The molecule has 0 bridgehead atoms. The summed E-state index contributed by atoms with van der Waals surface area (Å²) in [6, 6.07) is 11.0. The molecule has 1 aromatic carbocycles. The van der Waals surface area contributed by atoms with Crippen LogP contribution in [-0.4, -0.2) is 52.0 Å². The predicted octanol–water partition coefficient (Wildman–Crippen LogP) is 3.11. The number of carbonyl (C=O) groups excluding carboxylic acids is 1. The van der Waals surface area contributed by atoms with Crippen molar-refractivity contribution >= 4 is 18.3 Å². The Balaban J connectivity index is 0.00000225. The van der Waals surface area contributed by atoms with Crippen LogP contribution in [0.15, 0.2) is 36.5 Å². The van der Waals surface area contributed by atoms with Gasteiger partial charge < -0.3 is 10.2 Å². The van der Waals surface area contributed by atoms with Gasteiger partial charge in [-0.05, 0) is 56.2 Å². The molecule has 4 rings (SSSR count). The molecule has 3 heterocycles. The maximum Gasteiger partial charge on any atom is 0.276 e. The fourth-order valence-electron chi connectivity index (χ4n) is 4.28. The van der Waals surface area contributed by atoms with Gasteiger partial charge in [0.1, 0.15) is 0 Å². The number of amides is 1. The molecular weight excluding hydrogens is 374 g/mol. The first kappa shape index (κ1) is 20.8. The number of halogens is 1. The van der Waals surface area contributed by atoms with E-state index in [0.29, 0.717) is 11.7 Å². The van der Waals surface area contributed by atoms with Crippen LogP contribution < -0.4 is 5.32 Å². The lowest BCUT2D eigenvalue weighted by Gasteiger charge is -2.24. The molecule has 2 fully saturated rings. The van der Waals surface area contributed by atoms with Gasteiger partial charge in [0.05, 0.1) is 12.2 Å². The summed E-state index contributed by atoms with van der Waals surface area (Å²) >= 11 is 0. The van der Waals surface area contributed by atoms with E-state index in [9.17, 15) is 4.79 Å². The Hall–Kier alpha value is -1.92. The van der Waals surface area contributed by atoms with Crippen molar-refractivity contribution in [2.24, 2.45) is 5.41 Å². The van der Waals surface area contributed by atoms with Crippen LogP contribution in [0.25, 0.3) is 0 Å². The number of likely N-dealkylation sites (tertiary alicyclic amines) is 1. The number of aryl methyl sites for hydroxylation is 1. The SMILES string of the molecule is CC1(CCc2ccccc2)CCN(C(=O)c2cn(C3CCNCC3)nn2)C1.Cl. The highest BCUT2D eigenvalue weighted by molar-refractivity contribution is 5.92. The molecule has 152 valence electrons. The molecular formula is C21H30ClN5O.